The molecule has 4 aromatic rings. The van der Waals surface area contributed by atoms with Crippen molar-refractivity contribution in [1.82, 2.24) is 51.7 Å². The maximum atomic E-state index is 15.4. The lowest BCUT2D eigenvalue weighted by Crippen LogP contribution is -2.53. The number of pyridine rings is 2. The number of aromatic nitrogens is 2. The van der Waals surface area contributed by atoms with Gasteiger partial charge in [-0.1, -0.05) is 43.7 Å². The van der Waals surface area contributed by atoms with Gasteiger partial charge in [-0.15, -0.1) is 0 Å². The van der Waals surface area contributed by atoms with Gasteiger partial charge >= 0.3 is 11.9 Å². The Kier molecular flexibility index (Phi) is 20.7. The number of hydrogen-bond donors (Lipinski definition) is 8. The van der Waals surface area contributed by atoms with E-state index in [0.717, 1.165) is 10.5 Å². The Bertz CT molecular complexity index is 3540. The number of amides is 9. The summed E-state index contributed by atoms with van der Waals surface area (Å²) in [6, 6.07) is 8.45. The van der Waals surface area contributed by atoms with E-state index in [1.807, 2.05) is 0 Å². The van der Waals surface area contributed by atoms with Gasteiger partial charge in [0.25, 0.3) is 17.4 Å². The number of cyclic esters (lactones) is 1. The molecule has 26 heteroatoms. The van der Waals surface area contributed by atoms with Crippen molar-refractivity contribution in [3.63, 3.8) is 0 Å². The number of rotatable bonds is 27. The zero-order chi connectivity index (χ0) is 63.6. The minimum Gasteiger partial charge on any atom is -0.460 e. The Morgan fingerprint density at radius 1 is 0.784 bits per heavy atom. The summed E-state index contributed by atoms with van der Waals surface area (Å²) in [6.45, 7) is 6.52. The normalized spacial score (nSPS) is 17.0. The SMILES string of the molecule is CC[C@@]1(O)C(=O)OCc2c1cc1n(c2=O)Cc2c-1nc1cc(F)c(C)c3c1c2[C@@H](NC(=O)CCCCNC(=O)CNC(=O)[C@H](Cc1ccccc1)NC(=O)CNC(=O)CNC(=O)[C@H](CC(=O)OC(C)(C)C)NC(=O)CCCCCN1C(=O)C=CC1=O)CC3. The van der Waals surface area contributed by atoms with Crippen molar-refractivity contribution in [1.29, 1.82) is 0 Å². The average Bonchev–Trinajstić information content (AvgIpc) is 1.46. The van der Waals surface area contributed by atoms with E-state index in [4.69, 9.17) is 14.5 Å². The van der Waals surface area contributed by atoms with Gasteiger partial charge in [0.15, 0.2) is 5.60 Å². The van der Waals surface area contributed by atoms with Crippen LogP contribution in [0.5, 0.6) is 0 Å². The summed E-state index contributed by atoms with van der Waals surface area (Å²) in [7, 11) is 0. The molecule has 4 aliphatic rings. The van der Waals surface area contributed by atoms with Gasteiger partial charge in [0, 0.05) is 67.1 Å². The molecular formula is C62H73FN10O15. The summed E-state index contributed by atoms with van der Waals surface area (Å²) in [5.41, 5.74) is 1.22. The second-order valence-electron chi connectivity index (χ2n) is 23.2. The van der Waals surface area contributed by atoms with Crippen molar-refractivity contribution in [2.24, 2.45) is 0 Å². The molecule has 0 saturated carbocycles. The Balaban J connectivity index is 0.788. The van der Waals surface area contributed by atoms with Gasteiger partial charge in [-0.05, 0) is 101 Å². The molecule has 8 rings (SSSR count). The van der Waals surface area contributed by atoms with Crippen LogP contribution in [0.1, 0.15) is 137 Å². The van der Waals surface area contributed by atoms with Crippen LogP contribution in [0.15, 0.2) is 59.4 Å². The predicted molar refractivity (Wildman–Crippen MR) is 313 cm³/mol. The molecule has 0 saturated heterocycles. The number of fused-ring (bicyclic) bond motifs is 5. The van der Waals surface area contributed by atoms with E-state index in [2.05, 4.69) is 37.2 Å². The van der Waals surface area contributed by atoms with Gasteiger partial charge in [0.05, 0.1) is 61.1 Å². The van der Waals surface area contributed by atoms with Gasteiger partial charge in [-0.25, -0.2) is 14.2 Å². The first kappa shape index (κ1) is 64.8. The van der Waals surface area contributed by atoms with Crippen molar-refractivity contribution in [3.8, 4) is 11.4 Å². The van der Waals surface area contributed by atoms with Crippen molar-refractivity contribution < 1.29 is 71.7 Å². The highest BCUT2D eigenvalue weighted by Gasteiger charge is 2.46. The number of hydrogen-bond acceptors (Lipinski definition) is 16. The summed E-state index contributed by atoms with van der Waals surface area (Å²) >= 11 is 0. The fourth-order valence-electron chi connectivity index (χ4n) is 11.2. The Morgan fingerprint density at radius 3 is 2.12 bits per heavy atom. The Labute approximate surface area is 505 Å². The molecule has 88 heavy (non-hydrogen) atoms. The first-order valence-corrected chi connectivity index (χ1v) is 29.4. The maximum Gasteiger partial charge on any atom is 0.343 e. The number of carbonyl (C=O) groups is 11. The molecule has 1 aliphatic carbocycles. The lowest BCUT2D eigenvalue weighted by atomic mass is 9.81. The zero-order valence-corrected chi connectivity index (χ0v) is 49.7. The smallest absolute Gasteiger partial charge is 0.343 e. The Morgan fingerprint density at radius 2 is 1.43 bits per heavy atom. The van der Waals surface area contributed by atoms with E-state index in [9.17, 15) is 62.6 Å². The first-order valence-electron chi connectivity index (χ1n) is 29.4. The minimum atomic E-state index is -2.05. The molecule has 0 bridgehead atoms. The van der Waals surface area contributed by atoms with Crippen LogP contribution in [0.25, 0.3) is 22.3 Å². The number of halogens is 1. The van der Waals surface area contributed by atoms with E-state index in [0.29, 0.717) is 89.5 Å². The van der Waals surface area contributed by atoms with Gasteiger partial charge in [0.1, 0.15) is 30.1 Å². The molecule has 0 unspecified atom stereocenters. The molecule has 2 aromatic carbocycles. The van der Waals surface area contributed by atoms with Gasteiger partial charge in [-0.2, -0.15) is 0 Å². The molecule has 2 aromatic heterocycles. The molecule has 9 amide bonds. The fourth-order valence-corrected chi connectivity index (χ4v) is 11.2. The number of nitrogens with zero attached hydrogens (tertiary/aromatic N) is 3. The van der Waals surface area contributed by atoms with Crippen LogP contribution < -0.4 is 42.8 Å². The van der Waals surface area contributed by atoms with Gasteiger partial charge in [0.2, 0.25) is 41.4 Å². The van der Waals surface area contributed by atoms with Crippen molar-refractivity contribution in [2.45, 2.75) is 154 Å². The van der Waals surface area contributed by atoms with Crippen LogP contribution in [0, 0.1) is 12.7 Å². The van der Waals surface area contributed by atoms with Crippen LogP contribution in [0.4, 0.5) is 4.39 Å². The summed E-state index contributed by atoms with van der Waals surface area (Å²) in [5.74, 6) is -7.54. The topological polar surface area (TPSA) is 349 Å². The molecule has 3 aliphatic heterocycles. The van der Waals surface area contributed by atoms with Crippen LogP contribution in [-0.4, -0.2) is 135 Å². The molecule has 8 N–H and O–H groups in total. The quantitative estimate of drug-likeness (QED) is 0.0211. The van der Waals surface area contributed by atoms with Crippen LogP contribution >= 0.6 is 0 Å². The standard InChI is InChI=1S/C62H73FN10O15/c1-6-62(86)39-26-45-56-37(32-73(45)59(84)38(39)33-87-60(62)85)55-41(20-19-36-34(2)40(63)27-42(71-56)54(36)55)68-46(74)18-12-13-23-64-48(76)29-66-57(82)43(25-35-15-9-7-10-16-35)70-50(78)31-65-49(77)30-67-58(83)44(28-53(81)88-61(3,4)5)69-47(75)17-11-8-14-24-72-51(79)21-22-52(72)80/h7,9-10,15-16,21-22,26-27,41,43-44,86H,6,8,11-14,17-20,23-25,28-33H2,1-5H3,(H,64,76)(H,65,77)(H,66,82)(H,67,83)(H,68,74)(H,69,75)(H,70,78)/t41-,43-,44-,62-/m0/s1. The number of unbranched alkanes of at least 4 members (excludes halogenated alkanes) is 3. The van der Waals surface area contributed by atoms with Crippen molar-refractivity contribution in [3.05, 3.63) is 110 Å². The van der Waals surface area contributed by atoms with Gasteiger partial charge in [-0.3, -0.25) is 57.6 Å². The first-order chi connectivity index (χ1) is 41.8. The number of esters is 2. The highest BCUT2D eigenvalue weighted by atomic mass is 19.1. The highest BCUT2D eigenvalue weighted by Crippen LogP contribution is 2.46. The molecule has 0 fully saturated rings. The monoisotopic (exact) mass is 1220 g/mol. The largest absolute Gasteiger partial charge is 0.460 e. The number of carbonyl (C=O) groups excluding carboxylic acids is 11. The third kappa shape index (κ3) is 15.5. The van der Waals surface area contributed by atoms with Crippen LogP contribution in [-0.2, 0) is 93.8 Å². The minimum absolute atomic E-state index is 0.00782. The molecule has 468 valence electrons. The molecule has 4 atom stereocenters. The lowest BCUT2D eigenvalue weighted by molar-refractivity contribution is -0.172. The summed E-state index contributed by atoms with van der Waals surface area (Å²) in [5, 5.41) is 30.3. The van der Waals surface area contributed by atoms with Crippen molar-refractivity contribution >= 4 is 76.0 Å². The third-order valence-corrected chi connectivity index (χ3v) is 15.7. The number of aryl methyl sites for hydroxylation is 1. The molecule has 25 nitrogen and oxygen atoms in total. The molecule has 0 spiro atoms. The van der Waals surface area contributed by atoms with E-state index in [1.165, 1.54) is 22.8 Å². The summed E-state index contributed by atoms with van der Waals surface area (Å²) in [4.78, 5) is 161. The number of aliphatic hydroxyl groups is 1. The number of ether oxygens (including phenoxy) is 2. The number of imide groups is 1. The second kappa shape index (κ2) is 28.1. The van der Waals surface area contributed by atoms with E-state index in [1.54, 1.807) is 71.0 Å². The Hall–Kier alpha value is -9.20. The van der Waals surface area contributed by atoms with Crippen molar-refractivity contribution in [2.75, 3.05) is 32.7 Å². The van der Waals surface area contributed by atoms with Gasteiger partial charge < -0.3 is 56.4 Å². The molecule has 0 radical (unpaired) electrons. The average molecular weight is 1220 g/mol. The summed E-state index contributed by atoms with van der Waals surface area (Å²) in [6.07, 6.45) is 4.66. The zero-order valence-electron chi connectivity index (χ0n) is 49.7. The predicted octanol–water partition coefficient (Wildman–Crippen LogP) is 1.70. The number of nitrogens with one attached hydrogen (secondary N) is 7. The third-order valence-electron chi connectivity index (χ3n) is 15.7. The summed E-state index contributed by atoms with van der Waals surface area (Å²) < 4.78 is 27.5. The fraction of sp³-hybridized carbons (Fsp3) is 0.468. The van der Waals surface area contributed by atoms with E-state index >= 15 is 4.39 Å². The van der Waals surface area contributed by atoms with E-state index < -0.39 is 126 Å². The molecule has 5 heterocycles. The van der Waals surface area contributed by atoms with Crippen LogP contribution in [0.3, 0.4) is 0 Å². The van der Waals surface area contributed by atoms with Crippen LogP contribution in [0.2, 0.25) is 0 Å². The second-order valence-corrected chi connectivity index (χ2v) is 23.2. The van der Waals surface area contributed by atoms with E-state index in [-0.39, 0.29) is 69.0 Å². The highest BCUT2D eigenvalue weighted by molar-refractivity contribution is 6.12. The molecular weight excluding hydrogens is 1140 g/mol. The number of benzene rings is 2. The maximum absolute atomic E-state index is 15.4. The lowest BCUT2D eigenvalue weighted by Gasteiger charge is -2.31.